The van der Waals surface area contributed by atoms with Gasteiger partial charge in [0.2, 0.25) is 0 Å². The number of anilines is 1. The highest BCUT2D eigenvalue weighted by Crippen LogP contribution is 2.19. The number of hydrogen-bond acceptors (Lipinski definition) is 7. The molecule has 1 amide bonds. The van der Waals surface area contributed by atoms with Gasteiger partial charge in [0, 0.05) is 17.0 Å². The predicted molar refractivity (Wildman–Crippen MR) is 109 cm³/mol. The Morgan fingerprint density at radius 1 is 1.21 bits per heavy atom. The zero-order valence-electron chi connectivity index (χ0n) is 15.5. The minimum atomic E-state index is -0.516. The monoisotopic (exact) mass is 407 g/mol. The molecule has 0 saturated carbocycles. The highest BCUT2D eigenvalue weighted by Gasteiger charge is 2.15. The second kappa shape index (κ2) is 8.19. The van der Waals surface area contributed by atoms with Gasteiger partial charge in [-0.05, 0) is 18.6 Å². The zero-order chi connectivity index (χ0) is 20.2. The Balaban J connectivity index is 1.49. The maximum atomic E-state index is 12.5. The Morgan fingerprint density at radius 2 is 2.03 bits per heavy atom. The van der Waals surface area contributed by atoms with Crippen LogP contribution in [0.15, 0.2) is 54.2 Å². The SMILES string of the molecule is CCOC(=O)c1csc(NC(=O)c2cnc3c(cnn3Cc3ccccc3)c2)n1. The van der Waals surface area contributed by atoms with E-state index in [2.05, 4.69) is 20.4 Å². The summed E-state index contributed by atoms with van der Waals surface area (Å²) in [7, 11) is 0. The summed E-state index contributed by atoms with van der Waals surface area (Å²) in [6.45, 7) is 2.58. The molecule has 0 spiro atoms. The van der Waals surface area contributed by atoms with Crippen molar-refractivity contribution < 1.29 is 14.3 Å². The number of carbonyl (C=O) groups is 2. The number of nitrogens with one attached hydrogen (secondary N) is 1. The third-order valence-corrected chi connectivity index (χ3v) is 4.88. The molecule has 9 heteroatoms. The number of hydrogen-bond donors (Lipinski definition) is 1. The molecule has 8 nitrogen and oxygen atoms in total. The Kier molecular flexibility index (Phi) is 5.30. The fourth-order valence-corrected chi connectivity index (χ4v) is 3.44. The lowest BCUT2D eigenvalue weighted by molar-refractivity contribution is 0.0520. The third kappa shape index (κ3) is 4.14. The van der Waals surface area contributed by atoms with Crippen LogP contribution < -0.4 is 5.32 Å². The summed E-state index contributed by atoms with van der Waals surface area (Å²) in [5, 5.41) is 9.68. The number of fused-ring (bicyclic) bond motifs is 1. The van der Waals surface area contributed by atoms with Gasteiger partial charge in [-0.15, -0.1) is 11.3 Å². The number of nitrogens with zero attached hydrogens (tertiary/aromatic N) is 4. The molecule has 0 bridgehead atoms. The lowest BCUT2D eigenvalue weighted by Gasteiger charge is -2.04. The van der Waals surface area contributed by atoms with Crippen molar-refractivity contribution in [3.8, 4) is 0 Å². The summed E-state index contributed by atoms with van der Waals surface area (Å²) in [5.41, 5.74) is 2.36. The van der Waals surface area contributed by atoms with Crippen molar-refractivity contribution in [1.82, 2.24) is 19.7 Å². The molecule has 3 aromatic heterocycles. The molecule has 0 aliphatic heterocycles. The van der Waals surface area contributed by atoms with Crippen LogP contribution in [0.5, 0.6) is 0 Å². The third-order valence-electron chi connectivity index (χ3n) is 4.12. The summed E-state index contributed by atoms with van der Waals surface area (Å²) >= 11 is 1.15. The Hall–Kier alpha value is -3.59. The molecule has 0 fully saturated rings. The number of rotatable bonds is 6. The smallest absolute Gasteiger partial charge is 0.357 e. The topological polar surface area (TPSA) is 99.0 Å². The number of carbonyl (C=O) groups excluding carboxylic acids is 2. The van der Waals surface area contributed by atoms with Crippen molar-refractivity contribution in [1.29, 1.82) is 0 Å². The minimum Gasteiger partial charge on any atom is -0.461 e. The van der Waals surface area contributed by atoms with Crippen LogP contribution in [-0.4, -0.2) is 38.2 Å². The van der Waals surface area contributed by atoms with Crippen molar-refractivity contribution in [3.63, 3.8) is 0 Å². The number of aromatic nitrogens is 4. The molecule has 0 atom stereocenters. The van der Waals surface area contributed by atoms with Crippen LogP contribution in [0, 0.1) is 0 Å². The fourth-order valence-electron chi connectivity index (χ4n) is 2.77. The summed E-state index contributed by atoms with van der Waals surface area (Å²) in [6.07, 6.45) is 3.19. The average molecular weight is 407 g/mol. The van der Waals surface area contributed by atoms with Crippen molar-refractivity contribution in [2.24, 2.45) is 0 Å². The first kappa shape index (κ1) is 18.8. The summed E-state index contributed by atoms with van der Waals surface area (Å²) in [4.78, 5) is 32.7. The molecule has 0 unspecified atom stereocenters. The van der Waals surface area contributed by atoms with E-state index in [1.807, 2.05) is 30.3 Å². The maximum absolute atomic E-state index is 12.5. The van der Waals surface area contributed by atoms with Crippen molar-refractivity contribution in [3.05, 3.63) is 71.0 Å². The van der Waals surface area contributed by atoms with Gasteiger partial charge in [-0.2, -0.15) is 5.10 Å². The van der Waals surface area contributed by atoms with Gasteiger partial charge < -0.3 is 4.74 Å². The predicted octanol–water partition coefficient (Wildman–Crippen LogP) is 3.37. The second-order valence-electron chi connectivity index (χ2n) is 6.14. The van der Waals surface area contributed by atoms with Gasteiger partial charge in [-0.25, -0.2) is 19.4 Å². The van der Waals surface area contributed by atoms with Crippen LogP contribution in [0.3, 0.4) is 0 Å². The number of amides is 1. The highest BCUT2D eigenvalue weighted by atomic mass is 32.1. The van der Waals surface area contributed by atoms with E-state index in [1.165, 1.54) is 6.20 Å². The van der Waals surface area contributed by atoms with Crippen LogP contribution in [0.1, 0.15) is 33.3 Å². The first-order valence-electron chi connectivity index (χ1n) is 8.93. The van der Waals surface area contributed by atoms with Crippen LogP contribution >= 0.6 is 11.3 Å². The average Bonchev–Trinajstić information content (AvgIpc) is 3.36. The van der Waals surface area contributed by atoms with Gasteiger partial charge in [0.15, 0.2) is 16.5 Å². The van der Waals surface area contributed by atoms with E-state index in [9.17, 15) is 9.59 Å². The van der Waals surface area contributed by atoms with Gasteiger partial charge in [0.1, 0.15) is 0 Å². The normalized spacial score (nSPS) is 10.8. The van der Waals surface area contributed by atoms with E-state index in [1.54, 1.807) is 29.2 Å². The number of pyridine rings is 1. The van der Waals surface area contributed by atoms with Crippen LogP contribution in [0.2, 0.25) is 0 Å². The molecule has 4 aromatic rings. The molecule has 29 heavy (non-hydrogen) atoms. The van der Waals surface area contributed by atoms with Crippen molar-refractivity contribution >= 4 is 39.4 Å². The lowest BCUT2D eigenvalue weighted by atomic mass is 10.2. The van der Waals surface area contributed by atoms with Crippen LogP contribution in [0.4, 0.5) is 5.13 Å². The minimum absolute atomic E-state index is 0.169. The van der Waals surface area contributed by atoms with E-state index in [-0.39, 0.29) is 18.2 Å². The molecule has 0 aliphatic carbocycles. The van der Waals surface area contributed by atoms with Gasteiger partial charge >= 0.3 is 5.97 Å². The quantitative estimate of drug-likeness (QED) is 0.492. The standard InChI is InChI=1S/C20H17N5O3S/c1-2-28-19(27)16-12-29-20(23-16)24-18(26)15-8-14-10-22-25(17(14)21-9-15)11-13-6-4-3-5-7-13/h3-10,12H,2,11H2,1H3,(H,23,24,26). The van der Waals surface area contributed by atoms with Crippen LogP contribution in [-0.2, 0) is 11.3 Å². The summed E-state index contributed by atoms with van der Waals surface area (Å²) in [5.74, 6) is -0.877. The largest absolute Gasteiger partial charge is 0.461 e. The van der Waals surface area contributed by atoms with Crippen molar-refractivity contribution in [2.75, 3.05) is 11.9 Å². The number of esters is 1. The van der Waals surface area contributed by atoms with E-state index < -0.39 is 5.97 Å². The maximum Gasteiger partial charge on any atom is 0.357 e. The Morgan fingerprint density at radius 3 is 2.83 bits per heavy atom. The number of thiazole rings is 1. The molecule has 3 heterocycles. The Bertz CT molecular complexity index is 1170. The zero-order valence-corrected chi connectivity index (χ0v) is 16.3. The number of benzene rings is 1. The molecule has 0 saturated heterocycles. The lowest BCUT2D eigenvalue weighted by Crippen LogP contribution is -2.13. The molecule has 1 N–H and O–H groups in total. The molecular formula is C20H17N5O3S. The van der Waals surface area contributed by atoms with E-state index in [4.69, 9.17) is 4.74 Å². The van der Waals surface area contributed by atoms with Gasteiger partial charge in [0.05, 0.1) is 24.9 Å². The Labute approximate surface area is 170 Å². The molecule has 1 aromatic carbocycles. The van der Waals surface area contributed by atoms with E-state index in [0.29, 0.717) is 22.9 Å². The molecule has 0 aliphatic rings. The molecule has 146 valence electrons. The van der Waals surface area contributed by atoms with Gasteiger partial charge in [-0.3, -0.25) is 10.1 Å². The fraction of sp³-hybridized carbons (Fsp3) is 0.150. The van der Waals surface area contributed by atoms with E-state index in [0.717, 1.165) is 22.3 Å². The first-order chi connectivity index (χ1) is 14.1. The molecule has 4 rings (SSSR count). The summed E-state index contributed by atoms with van der Waals surface area (Å²) in [6, 6.07) is 11.7. The first-order valence-corrected chi connectivity index (χ1v) is 9.81. The molecular weight excluding hydrogens is 390 g/mol. The summed E-state index contributed by atoms with van der Waals surface area (Å²) < 4.78 is 6.69. The number of ether oxygens (including phenoxy) is 1. The van der Waals surface area contributed by atoms with E-state index >= 15 is 0 Å². The second-order valence-corrected chi connectivity index (χ2v) is 7.00. The molecule has 0 radical (unpaired) electrons. The van der Waals surface area contributed by atoms with Gasteiger partial charge in [0.25, 0.3) is 5.91 Å². The van der Waals surface area contributed by atoms with Crippen molar-refractivity contribution in [2.45, 2.75) is 13.5 Å². The highest BCUT2D eigenvalue weighted by molar-refractivity contribution is 7.14. The van der Waals surface area contributed by atoms with Gasteiger partial charge in [-0.1, -0.05) is 30.3 Å². The van der Waals surface area contributed by atoms with Crippen LogP contribution in [0.25, 0.3) is 11.0 Å².